The molecule has 3 rings (SSSR count). The van der Waals surface area contributed by atoms with E-state index in [1.807, 2.05) is 18.2 Å². The summed E-state index contributed by atoms with van der Waals surface area (Å²) in [4.78, 5) is 12.5. The van der Waals surface area contributed by atoms with E-state index in [1.165, 1.54) is 0 Å². The Bertz CT molecular complexity index is 644. The van der Waals surface area contributed by atoms with Crippen LogP contribution in [0.3, 0.4) is 0 Å². The highest BCUT2D eigenvalue weighted by Gasteiger charge is 2.19. The summed E-state index contributed by atoms with van der Waals surface area (Å²) in [6.07, 6.45) is 2.92. The molecular formula is C17H19NO4. The average molecular weight is 301 g/mol. The molecule has 1 aromatic carbocycles. The first-order valence-electron chi connectivity index (χ1n) is 7.53. The Morgan fingerprint density at radius 1 is 1.36 bits per heavy atom. The minimum Gasteiger partial charge on any atom is -0.353 e. The van der Waals surface area contributed by atoms with Crippen molar-refractivity contribution in [3.63, 3.8) is 0 Å². The number of hydrogen-bond donors (Lipinski definition) is 0. The van der Waals surface area contributed by atoms with Crippen LogP contribution < -0.4 is 0 Å². The predicted octanol–water partition coefficient (Wildman–Crippen LogP) is 3.26. The van der Waals surface area contributed by atoms with E-state index in [0.717, 1.165) is 31.4 Å². The van der Waals surface area contributed by atoms with Crippen molar-refractivity contribution in [3.05, 3.63) is 52.9 Å². The van der Waals surface area contributed by atoms with Gasteiger partial charge in [0.1, 0.15) is 0 Å². The van der Waals surface area contributed by atoms with Crippen molar-refractivity contribution >= 4 is 5.78 Å². The van der Waals surface area contributed by atoms with E-state index < -0.39 is 0 Å². The van der Waals surface area contributed by atoms with E-state index in [9.17, 15) is 4.79 Å². The molecule has 5 heteroatoms. The van der Waals surface area contributed by atoms with Gasteiger partial charge in [0.2, 0.25) is 11.5 Å². The number of nitrogens with zero attached hydrogens (tertiary/aromatic N) is 1. The topological polar surface area (TPSA) is 61.6 Å². The summed E-state index contributed by atoms with van der Waals surface area (Å²) >= 11 is 0. The molecule has 0 amide bonds. The van der Waals surface area contributed by atoms with E-state index in [-0.39, 0.29) is 17.8 Å². The number of ketones is 1. The molecule has 22 heavy (non-hydrogen) atoms. The fourth-order valence-corrected chi connectivity index (χ4v) is 2.50. The lowest BCUT2D eigenvalue weighted by Gasteiger charge is -2.23. The Balaban J connectivity index is 1.73. The van der Waals surface area contributed by atoms with Crippen molar-refractivity contribution in [1.82, 2.24) is 5.16 Å². The molecule has 1 aliphatic heterocycles. The summed E-state index contributed by atoms with van der Waals surface area (Å²) in [5, 5.41) is 3.77. The van der Waals surface area contributed by atoms with Gasteiger partial charge in [-0.1, -0.05) is 29.4 Å². The van der Waals surface area contributed by atoms with Gasteiger partial charge in [-0.05, 0) is 31.7 Å². The Labute approximate surface area is 129 Å². The molecule has 1 atom stereocenters. The summed E-state index contributed by atoms with van der Waals surface area (Å²) in [5.41, 5.74) is 2.10. The van der Waals surface area contributed by atoms with Crippen molar-refractivity contribution in [2.45, 2.75) is 39.1 Å². The molecule has 2 aromatic rings. The van der Waals surface area contributed by atoms with Crippen LogP contribution in [0.4, 0.5) is 0 Å². The van der Waals surface area contributed by atoms with E-state index in [0.29, 0.717) is 17.9 Å². The summed E-state index contributed by atoms with van der Waals surface area (Å²) in [5.74, 6) is 0.0724. The number of aromatic nitrogens is 1. The maximum atomic E-state index is 12.5. The zero-order chi connectivity index (χ0) is 15.4. The van der Waals surface area contributed by atoms with E-state index in [2.05, 4.69) is 5.16 Å². The molecule has 0 bridgehead atoms. The largest absolute Gasteiger partial charge is 0.353 e. The lowest BCUT2D eigenvalue weighted by atomic mass is 10.0. The first kappa shape index (κ1) is 14.9. The van der Waals surface area contributed by atoms with Gasteiger partial charge in [0.15, 0.2) is 6.29 Å². The van der Waals surface area contributed by atoms with Crippen LogP contribution in [-0.2, 0) is 16.1 Å². The van der Waals surface area contributed by atoms with Crippen LogP contribution in [0.15, 0.2) is 34.9 Å². The molecule has 0 aliphatic carbocycles. The second-order valence-electron chi connectivity index (χ2n) is 5.43. The van der Waals surface area contributed by atoms with Crippen LogP contribution in [-0.4, -0.2) is 23.8 Å². The van der Waals surface area contributed by atoms with Gasteiger partial charge in [-0.3, -0.25) is 4.79 Å². The first-order chi connectivity index (χ1) is 10.7. The second-order valence-corrected chi connectivity index (χ2v) is 5.43. The summed E-state index contributed by atoms with van der Waals surface area (Å²) in [6, 6.07) is 9.03. The maximum Gasteiger partial charge on any atom is 0.231 e. The number of aryl methyl sites for hydroxylation is 1. The second kappa shape index (κ2) is 6.85. The van der Waals surface area contributed by atoms with Crippen LogP contribution >= 0.6 is 0 Å². The van der Waals surface area contributed by atoms with Gasteiger partial charge in [0.05, 0.1) is 12.3 Å². The number of carbonyl (C=O) groups excluding carboxylic acids is 1. The molecule has 1 unspecified atom stereocenters. The van der Waals surface area contributed by atoms with Crippen molar-refractivity contribution in [2.24, 2.45) is 0 Å². The van der Waals surface area contributed by atoms with Crippen LogP contribution in [0, 0.1) is 6.92 Å². The van der Waals surface area contributed by atoms with Crippen molar-refractivity contribution in [1.29, 1.82) is 0 Å². The van der Waals surface area contributed by atoms with E-state index >= 15 is 0 Å². The summed E-state index contributed by atoms with van der Waals surface area (Å²) in [7, 11) is 0. The highest BCUT2D eigenvalue weighted by atomic mass is 16.7. The quantitative estimate of drug-likeness (QED) is 0.793. The molecule has 1 aliphatic rings. The van der Waals surface area contributed by atoms with E-state index in [4.69, 9.17) is 14.0 Å². The molecule has 1 aromatic heterocycles. The number of carbonyl (C=O) groups is 1. The SMILES string of the molecule is Cc1cc(C(=O)c2ccccc2COC2CCCCO2)on1. The third-order valence-corrected chi connectivity index (χ3v) is 3.68. The van der Waals surface area contributed by atoms with Crippen LogP contribution in [0.2, 0.25) is 0 Å². The van der Waals surface area contributed by atoms with Crippen molar-refractivity contribution < 1.29 is 18.8 Å². The molecule has 0 radical (unpaired) electrons. The third kappa shape index (κ3) is 3.43. The fraction of sp³-hybridized carbons (Fsp3) is 0.412. The third-order valence-electron chi connectivity index (χ3n) is 3.68. The lowest BCUT2D eigenvalue weighted by molar-refractivity contribution is -0.168. The molecule has 116 valence electrons. The Hall–Kier alpha value is -1.98. The molecule has 1 saturated heterocycles. The van der Waals surface area contributed by atoms with E-state index in [1.54, 1.807) is 19.1 Å². The average Bonchev–Trinajstić information content (AvgIpc) is 3.00. The standard InChI is InChI=1S/C17H19NO4/c1-12-10-15(22-18-12)17(19)14-7-3-2-6-13(14)11-21-16-8-4-5-9-20-16/h2-3,6-7,10,16H,4-5,8-9,11H2,1H3. The normalized spacial score (nSPS) is 18.3. The molecule has 0 saturated carbocycles. The Morgan fingerprint density at radius 3 is 2.95 bits per heavy atom. The van der Waals surface area contributed by atoms with Gasteiger partial charge >= 0.3 is 0 Å². The van der Waals surface area contributed by atoms with Gasteiger partial charge in [0, 0.05) is 18.2 Å². The van der Waals surface area contributed by atoms with Crippen LogP contribution in [0.25, 0.3) is 0 Å². The molecular weight excluding hydrogens is 282 g/mol. The number of benzene rings is 1. The highest BCUT2D eigenvalue weighted by molar-refractivity contribution is 6.08. The zero-order valence-electron chi connectivity index (χ0n) is 12.6. The van der Waals surface area contributed by atoms with Gasteiger partial charge < -0.3 is 14.0 Å². The monoisotopic (exact) mass is 301 g/mol. The zero-order valence-corrected chi connectivity index (χ0v) is 12.6. The van der Waals surface area contributed by atoms with Gasteiger partial charge in [0.25, 0.3) is 0 Å². The number of ether oxygens (including phenoxy) is 2. The predicted molar refractivity (Wildman–Crippen MR) is 79.5 cm³/mol. The number of hydrogen-bond acceptors (Lipinski definition) is 5. The molecule has 1 fully saturated rings. The van der Waals surface area contributed by atoms with Gasteiger partial charge in [-0.15, -0.1) is 0 Å². The molecule has 0 N–H and O–H groups in total. The Kier molecular flexibility index (Phi) is 4.65. The van der Waals surface area contributed by atoms with Gasteiger partial charge in [-0.25, -0.2) is 0 Å². The van der Waals surface area contributed by atoms with Gasteiger partial charge in [-0.2, -0.15) is 0 Å². The summed E-state index contributed by atoms with van der Waals surface area (Å²) < 4.78 is 16.4. The van der Waals surface area contributed by atoms with Crippen LogP contribution in [0.1, 0.15) is 46.6 Å². The Morgan fingerprint density at radius 2 is 2.23 bits per heavy atom. The fourth-order valence-electron chi connectivity index (χ4n) is 2.50. The van der Waals surface area contributed by atoms with Crippen molar-refractivity contribution in [2.75, 3.05) is 6.61 Å². The highest BCUT2D eigenvalue weighted by Crippen LogP contribution is 2.19. The minimum atomic E-state index is -0.177. The molecule has 5 nitrogen and oxygen atoms in total. The summed E-state index contributed by atoms with van der Waals surface area (Å²) in [6.45, 7) is 2.87. The minimum absolute atomic E-state index is 0.176. The number of rotatable bonds is 5. The van der Waals surface area contributed by atoms with Crippen LogP contribution in [0.5, 0.6) is 0 Å². The first-order valence-corrected chi connectivity index (χ1v) is 7.53. The van der Waals surface area contributed by atoms with Crippen molar-refractivity contribution in [3.8, 4) is 0 Å². The lowest BCUT2D eigenvalue weighted by Crippen LogP contribution is -2.22. The smallest absolute Gasteiger partial charge is 0.231 e. The molecule has 0 spiro atoms. The maximum absolute atomic E-state index is 12.5. The molecule has 2 heterocycles.